The highest BCUT2D eigenvalue weighted by atomic mass is 16.5. The number of carbonyl (C=O) groups is 2. The molecule has 3 rings (SSSR count). The standard InChI is InChI=1S/C23H29N5O5/c1-12(2)19(23(30)25-15-10-16-13(3)27-28(4)21(16)24-11-15)26-22(29)14-8-17(31-5)20(33-7)18(9-14)32-6/h8-12,19H,1-7H3,(H,25,30)(H,26,29)/t19-/m0/s1. The summed E-state index contributed by atoms with van der Waals surface area (Å²) in [5.74, 6) is 0.0990. The maximum atomic E-state index is 13.0. The Hall–Kier alpha value is -3.82. The van der Waals surface area contributed by atoms with E-state index >= 15 is 0 Å². The van der Waals surface area contributed by atoms with Gasteiger partial charge in [0.2, 0.25) is 11.7 Å². The van der Waals surface area contributed by atoms with Gasteiger partial charge in [0.05, 0.1) is 38.9 Å². The van der Waals surface area contributed by atoms with Crippen LogP contribution in [0.3, 0.4) is 0 Å². The first-order valence-corrected chi connectivity index (χ1v) is 10.4. The topological polar surface area (TPSA) is 117 Å². The number of hydrogen-bond acceptors (Lipinski definition) is 7. The number of ether oxygens (including phenoxy) is 3. The second-order valence-electron chi connectivity index (χ2n) is 7.90. The molecule has 0 spiro atoms. The van der Waals surface area contributed by atoms with Crippen LogP contribution in [0, 0.1) is 12.8 Å². The van der Waals surface area contributed by atoms with Gasteiger partial charge in [-0.05, 0) is 31.0 Å². The molecular weight excluding hydrogens is 426 g/mol. The molecule has 10 nitrogen and oxygen atoms in total. The van der Waals surface area contributed by atoms with Gasteiger partial charge in [-0.15, -0.1) is 0 Å². The molecule has 0 saturated heterocycles. The molecular formula is C23H29N5O5. The van der Waals surface area contributed by atoms with E-state index < -0.39 is 11.9 Å². The fraction of sp³-hybridized carbons (Fsp3) is 0.391. The van der Waals surface area contributed by atoms with E-state index in [2.05, 4.69) is 20.7 Å². The number of benzene rings is 1. The molecule has 0 radical (unpaired) electrons. The normalized spacial score (nSPS) is 11.9. The molecule has 176 valence electrons. The Morgan fingerprint density at radius 2 is 1.67 bits per heavy atom. The molecule has 1 atom stereocenters. The van der Waals surface area contributed by atoms with Crippen molar-refractivity contribution < 1.29 is 23.8 Å². The van der Waals surface area contributed by atoms with Crippen LogP contribution in [0.4, 0.5) is 5.69 Å². The van der Waals surface area contributed by atoms with Crippen LogP contribution in [0.2, 0.25) is 0 Å². The molecule has 0 aliphatic heterocycles. The Kier molecular flexibility index (Phi) is 7.05. The van der Waals surface area contributed by atoms with Gasteiger partial charge in [0.25, 0.3) is 5.91 Å². The minimum atomic E-state index is -0.790. The molecule has 2 aromatic heterocycles. The summed E-state index contributed by atoms with van der Waals surface area (Å²) < 4.78 is 17.6. The fourth-order valence-electron chi connectivity index (χ4n) is 3.57. The van der Waals surface area contributed by atoms with E-state index in [1.165, 1.54) is 33.5 Å². The van der Waals surface area contributed by atoms with Gasteiger partial charge >= 0.3 is 0 Å². The number of nitrogens with one attached hydrogen (secondary N) is 2. The van der Waals surface area contributed by atoms with E-state index in [4.69, 9.17) is 14.2 Å². The molecule has 2 heterocycles. The Bertz CT molecular complexity index is 1160. The van der Waals surface area contributed by atoms with Gasteiger partial charge in [0.1, 0.15) is 6.04 Å². The molecule has 0 unspecified atom stereocenters. The van der Waals surface area contributed by atoms with E-state index in [9.17, 15) is 9.59 Å². The van der Waals surface area contributed by atoms with Crippen molar-refractivity contribution in [2.45, 2.75) is 26.8 Å². The lowest BCUT2D eigenvalue weighted by molar-refractivity contribution is -0.118. The van der Waals surface area contributed by atoms with Gasteiger partial charge in [-0.3, -0.25) is 14.3 Å². The van der Waals surface area contributed by atoms with Gasteiger partial charge < -0.3 is 24.8 Å². The molecule has 33 heavy (non-hydrogen) atoms. The first kappa shape index (κ1) is 23.8. The summed E-state index contributed by atoms with van der Waals surface area (Å²) in [5.41, 5.74) is 2.34. The highest BCUT2D eigenvalue weighted by Gasteiger charge is 2.26. The number of carbonyl (C=O) groups excluding carboxylic acids is 2. The van der Waals surface area contributed by atoms with Crippen LogP contribution in [-0.4, -0.2) is 54.0 Å². The van der Waals surface area contributed by atoms with Crippen LogP contribution in [0.1, 0.15) is 29.9 Å². The quantitative estimate of drug-likeness (QED) is 0.536. The Balaban J connectivity index is 1.82. The van der Waals surface area contributed by atoms with E-state index in [-0.39, 0.29) is 17.4 Å². The summed E-state index contributed by atoms with van der Waals surface area (Å²) >= 11 is 0. The average molecular weight is 456 g/mol. The van der Waals surface area contributed by atoms with Crippen LogP contribution in [-0.2, 0) is 11.8 Å². The van der Waals surface area contributed by atoms with Gasteiger partial charge in [0, 0.05) is 18.0 Å². The van der Waals surface area contributed by atoms with Crippen LogP contribution in [0.5, 0.6) is 17.2 Å². The molecule has 2 N–H and O–H groups in total. The molecule has 10 heteroatoms. The largest absolute Gasteiger partial charge is 0.493 e. The van der Waals surface area contributed by atoms with Crippen molar-refractivity contribution in [3.8, 4) is 17.2 Å². The smallest absolute Gasteiger partial charge is 0.252 e. The molecule has 0 saturated carbocycles. The zero-order chi connectivity index (χ0) is 24.3. The number of pyridine rings is 1. The molecule has 2 amide bonds. The van der Waals surface area contributed by atoms with Crippen molar-refractivity contribution in [1.29, 1.82) is 0 Å². The molecule has 3 aromatic rings. The Morgan fingerprint density at radius 1 is 1.03 bits per heavy atom. The van der Waals surface area contributed by atoms with E-state index in [1.807, 2.05) is 33.9 Å². The van der Waals surface area contributed by atoms with Gasteiger partial charge in [-0.1, -0.05) is 13.8 Å². The number of anilines is 1. The van der Waals surface area contributed by atoms with Crippen molar-refractivity contribution in [2.24, 2.45) is 13.0 Å². The third kappa shape index (κ3) is 4.84. The minimum absolute atomic E-state index is 0.173. The SMILES string of the molecule is COc1cc(C(=O)N[C@H](C(=O)Nc2cnc3c(c2)c(C)nn3C)C(C)C)cc(OC)c1OC. The lowest BCUT2D eigenvalue weighted by atomic mass is 10.0. The first-order chi connectivity index (χ1) is 15.7. The fourth-order valence-corrected chi connectivity index (χ4v) is 3.57. The molecule has 0 bridgehead atoms. The summed E-state index contributed by atoms with van der Waals surface area (Å²) in [6.45, 7) is 5.59. The van der Waals surface area contributed by atoms with Gasteiger partial charge in [0.15, 0.2) is 17.1 Å². The van der Waals surface area contributed by atoms with E-state index in [1.54, 1.807) is 10.9 Å². The lowest BCUT2D eigenvalue weighted by Crippen LogP contribution is -2.47. The number of methoxy groups -OCH3 is 3. The number of fused-ring (bicyclic) bond motifs is 1. The van der Waals surface area contributed by atoms with Crippen molar-refractivity contribution in [1.82, 2.24) is 20.1 Å². The number of nitrogens with zero attached hydrogens (tertiary/aromatic N) is 3. The number of amides is 2. The highest BCUT2D eigenvalue weighted by Crippen LogP contribution is 2.38. The van der Waals surface area contributed by atoms with Crippen LogP contribution in [0.25, 0.3) is 11.0 Å². The molecule has 0 fully saturated rings. The van der Waals surface area contributed by atoms with Crippen LogP contribution < -0.4 is 24.8 Å². The predicted molar refractivity (Wildman–Crippen MR) is 124 cm³/mol. The minimum Gasteiger partial charge on any atom is -0.493 e. The summed E-state index contributed by atoms with van der Waals surface area (Å²) in [6, 6.07) is 4.10. The van der Waals surface area contributed by atoms with Crippen molar-refractivity contribution >= 4 is 28.5 Å². The van der Waals surface area contributed by atoms with Crippen molar-refractivity contribution in [2.75, 3.05) is 26.6 Å². The Labute approximate surface area is 192 Å². The maximum Gasteiger partial charge on any atom is 0.252 e. The zero-order valence-electron chi connectivity index (χ0n) is 19.8. The molecule has 1 aromatic carbocycles. The van der Waals surface area contributed by atoms with Crippen molar-refractivity contribution in [3.63, 3.8) is 0 Å². The summed E-state index contributed by atoms with van der Waals surface area (Å²) in [4.78, 5) is 30.4. The number of hydrogen-bond donors (Lipinski definition) is 2. The van der Waals surface area contributed by atoms with E-state index in [0.29, 0.717) is 22.9 Å². The molecule has 0 aliphatic carbocycles. The predicted octanol–water partition coefficient (Wildman–Crippen LogP) is 2.70. The second kappa shape index (κ2) is 9.76. The number of aryl methyl sites for hydroxylation is 2. The maximum absolute atomic E-state index is 13.0. The zero-order valence-corrected chi connectivity index (χ0v) is 19.8. The second-order valence-corrected chi connectivity index (χ2v) is 7.90. The van der Waals surface area contributed by atoms with Gasteiger partial charge in [-0.25, -0.2) is 4.98 Å². The third-order valence-corrected chi connectivity index (χ3v) is 5.29. The van der Waals surface area contributed by atoms with Crippen LogP contribution in [0.15, 0.2) is 24.4 Å². The Morgan fingerprint density at radius 3 is 2.21 bits per heavy atom. The summed E-state index contributed by atoms with van der Waals surface area (Å²) in [7, 11) is 6.24. The summed E-state index contributed by atoms with van der Waals surface area (Å²) in [5, 5.41) is 10.8. The first-order valence-electron chi connectivity index (χ1n) is 10.4. The van der Waals surface area contributed by atoms with Gasteiger partial charge in [-0.2, -0.15) is 5.10 Å². The summed E-state index contributed by atoms with van der Waals surface area (Å²) in [6.07, 6.45) is 1.57. The number of aromatic nitrogens is 3. The van der Waals surface area contributed by atoms with Crippen molar-refractivity contribution in [3.05, 3.63) is 35.7 Å². The average Bonchev–Trinajstić information content (AvgIpc) is 3.08. The van der Waals surface area contributed by atoms with E-state index in [0.717, 1.165) is 16.7 Å². The lowest BCUT2D eigenvalue weighted by Gasteiger charge is -2.22. The highest BCUT2D eigenvalue weighted by molar-refractivity contribution is 6.02. The monoisotopic (exact) mass is 455 g/mol. The molecule has 0 aliphatic rings. The van der Waals surface area contributed by atoms with Crippen LogP contribution >= 0.6 is 0 Å². The third-order valence-electron chi connectivity index (χ3n) is 5.29. The number of rotatable bonds is 8.